The molecule has 11 heteroatoms. The van der Waals surface area contributed by atoms with E-state index in [4.69, 9.17) is 18.9 Å². The van der Waals surface area contributed by atoms with E-state index in [0.717, 1.165) is 0 Å². The minimum Gasteiger partial charge on any atom is -0.394 e. The van der Waals surface area contributed by atoms with Crippen LogP contribution < -0.4 is 5.32 Å². The summed E-state index contributed by atoms with van der Waals surface area (Å²) in [6, 6.07) is -0.744. The Balaban J connectivity index is 5.21. The van der Waals surface area contributed by atoms with Crippen LogP contribution in [0.1, 0.15) is 27.7 Å². The smallest absolute Gasteiger partial charge is 0.217 e. The van der Waals surface area contributed by atoms with Crippen molar-refractivity contribution in [3.63, 3.8) is 0 Å². The summed E-state index contributed by atoms with van der Waals surface area (Å²) in [6.07, 6.45) is -6.57. The highest BCUT2D eigenvalue weighted by Gasteiger charge is 2.30. The van der Waals surface area contributed by atoms with E-state index in [1.54, 1.807) is 13.8 Å². The Morgan fingerprint density at radius 1 is 1.07 bits per heavy atom. The molecule has 1 amide bonds. The predicted octanol–water partition coefficient (Wildman–Crippen LogP) is -2.05. The van der Waals surface area contributed by atoms with Crippen LogP contribution in [-0.2, 0) is 28.5 Å². The SMILES string of the molecule is COC(C)C(C=O)OC(OC[C@H](NC(C)=O)C(C)OC(CO)C(C)O)[C@@H](O)CO. The molecule has 0 aliphatic carbocycles. The van der Waals surface area contributed by atoms with Gasteiger partial charge in [0.2, 0.25) is 5.91 Å². The minimum atomic E-state index is -1.46. The maximum Gasteiger partial charge on any atom is 0.217 e. The number of aliphatic hydroxyl groups is 4. The topological polar surface area (TPSA) is 164 Å². The van der Waals surface area contributed by atoms with E-state index in [2.05, 4.69) is 5.32 Å². The number of carbonyl (C=O) groups is 2. The van der Waals surface area contributed by atoms with Crippen LogP contribution in [0, 0.1) is 0 Å². The number of aliphatic hydroxyl groups excluding tert-OH is 4. The second kappa shape index (κ2) is 14.7. The summed E-state index contributed by atoms with van der Waals surface area (Å²) in [7, 11) is 1.38. The van der Waals surface area contributed by atoms with Gasteiger partial charge in [0.1, 0.15) is 18.3 Å². The van der Waals surface area contributed by atoms with Gasteiger partial charge in [-0.2, -0.15) is 0 Å². The summed E-state index contributed by atoms with van der Waals surface area (Å²) >= 11 is 0. The van der Waals surface area contributed by atoms with Crippen molar-refractivity contribution in [1.29, 1.82) is 0 Å². The first-order valence-electron chi connectivity index (χ1n) is 9.36. The van der Waals surface area contributed by atoms with Crippen LogP contribution in [-0.4, -0.2) is 109 Å². The third-order valence-electron chi connectivity index (χ3n) is 4.26. The lowest BCUT2D eigenvalue weighted by Gasteiger charge is -2.32. The van der Waals surface area contributed by atoms with Crippen LogP contribution in [0.3, 0.4) is 0 Å². The number of rotatable bonds is 16. The molecule has 8 atom stereocenters. The fraction of sp³-hybridized carbons (Fsp3) is 0.889. The largest absolute Gasteiger partial charge is 0.394 e. The van der Waals surface area contributed by atoms with Gasteiger partial charge in [-0.3, -0.25) is 4.79 Å². The molecule has 0 aromatic heterocycles. The minimum absolute atomic E-state index is 0.215. The zero-order valence-corrected chi connectivity index (χ0v) is 17.6. The maximum atomic E-state index is 11.5. The molecule has 0 fully saturated rings. The first kappa shape index (κ1) is 27.8. The number of ether oxygens (including phenoxy) is 4. The van der Waals surface area contributed by atoms with Gasteiger partial charge in [0, 0.05) is 14.0 Å². The molecule has 0 aliphatic heterocycles. The van der Waals surface area contributed by atoms with Gasteiger partial charge < -0.3 is 49.5 Å². The van der Waals surface area contributed by atoms with Gasteiger partial charge >= 0.3 is 0 Å². The number of amides is 1. The summed E-state index contributed by atoms with van der Waals surface area (Å²) in [5, 5.41) is 40.7. The normalized spacial score (nSPS) is 20.0. The monoisotopic (exact) mass is 425 g/mol. The van der Waals surface area contributed by atoms with E-state index < -0.39 is 62.2 Å². The lowest BCUT2D eigenvalue weighted by Crippen LogP contribution is -2.50. The van der Waals surface area contributed by atoms with E-state index in [9.17, 15) is 30.0 Å². The number of carbonyl (C=O) groups excluding carboxylic acids is 2. The van der Waals surface area contributed by atoms with Gasteiger partial charge in [0.05, 0.1) is 44.2 Å². The van der Waals surface area contributed by atoms with E-state index in [1.165, 1.54) is 21.0 Å². The van der Waals surface area contributed by atoms with Crippen molar-refractivity contribution in [1.82, 2.24) is 5.32 Å². The van der Waals surface area contributed by atoms with Gasteiger partial charge in [-0.25, -0.2) is 0 Å². The Hall–Kier alpha value is -1.18. The van der Waals surface area contributed by atoms with Crippen LogP contribution >= 0.6 is 0 Å². The first-order chi connectivity index (χ1) is 13.6. The molecular weight excluding hydrogens is 390 g/mol. The molecule has 0 saturated carbocycles. The molecule has 0 aromatic rings. The third kappa shape index (κ3) is 10.4. The molecule has 0 saturated heterocycles. The van der Waals surface area contributed by atoms with E-state index in [1.807, 2.05) is 0 Å². The van der Waals surface area contributed by atoms with Gasteiger partial charge in [-0.05, 0) is 20.8 Å². The highest BCUT2D eigenvalue weighted by molar-refractivity contribution is 5.73. The van der Waals surface area contributed by atoms with Crippen molar-refractivity contribution in [2.24, 2.45) is 0 Å². The van der Waals surface area contributed by atoms with E-state index >= 15 is 0 Å². The maximum absolute atomic E-state index is 11.5. The highest BCUT2D eigenvalue weighted by atomic mass is 16.7. The van der Waals surface area contributed by atoms with Crippen molar-refractivity contribution >= 4 is 12.2 Å². The molecule has 0 rings (SSSR count). The van der Waals surface area contributed by atoms with Gasteiger partial charge in [-0.1, -0.05) is 0 Å². The zero-order chi connectivity index (χ0) is 22.6. The molecule has 6 unspecified atom stereocenters. The molecular formula is C18H35NO10. The molecule has 29 heavy (non-hydrogen) atoms. The molecule has 5 N–H and O–H groups in total. The molecule has 0 bridgehead atoms. The van der Waals surface area contributed by atoms with Crippen LogP contribution in [0.4, 0.5) is 0 Å². The summed E-state index contributed by atoms with van der Waals surface area (Å²) in [5.41, 5.74) is 0. The van der Waals surface area contributed by atoms with Crippen LogP contribution in [0.15, 0.2) is 0 Å². The number of hydrogen-bond acceptors (Lipinski definition) is 10. The van der Waals surface area contributed by atoms with Crippen molar-refractivity contribution in [3.8, 4) is 0 Å². The second-order valence-electron chi connectivity index (χ2n) is 6.74. The fourth-order valence-corrected chi connectivity index (χ4v) is 2.30. The molecule has 0 aromatic carbocycles. The summed E-state index contributed by atoms with van der Waals surface area (Å²) in [6.45, 7) is 4.60. The Bertz CT molecular complexity index is 464. The molecule has 172 valence electrons. The van der Waals surface area contributed by atoms with Crippen molar-refractivity contribution in [2.45, 2.75) is 76.7 Å². The lowest BCUT2D eigenvalue weighted by molar-refractivity contribution is -0.235. The Morgan fingerprint density at radius 2 is 1.69 bits per heavy atom. The summed E-state index contributed by atoms with van der Waals surface area (Å²) in [5.74, 6) is -0.384. The molecule has 0 heterocycles. The molecule has 0 radical (unpaired) electrons. The highest BCUT2D eigenvalue weighted by Crippen LogP contribution is 2.13. The van der Waals surface area contributed by atoms with Crippen LogP contribution in [0.2, 0.25) is 0 Å². The number of nitrogens with one attached hydrogen (secondary N) is 1. The Labute approximate surface area is 170 Å². The first-order valence-corrected chi connectivity index (χ1v) is 9.36. The van der Waals surface area contributed by atoms with Crippen molar-refractivity contribution in [2.75, 3.05) is 26.9 Å². The quantitative estimate of drug-likeness (QED) is 0.137. The van der Waals surface area contributed by atoms with E-state index in [-0.39, 0.29) is 12.5 Å². The second-order valence-corrected chi connectivity index (χ2v) is 6.74. The Kier molecular flexibility index (Phi) is 14.1. The van der Waals surface area contributed by atoms with Crippen molar-refractivity contribution in [3.05, 3.63) is 0 Å². The molecule has 0 spiro atoms. The molecule has 11 nitrogen and oxygen atoms in total. The van der Waals surface area contributed by atoms with Crippen LogP contribution in [0.25, 0.3) is 0 Å². The number of methoxy groups -OCH3 is 1. The number of aldehydes is 1. The zero-order valence-electron chi connectivity index (χ0n) is 17.6. The standard InChI is InChI=1S/C18H35NO10/c1-10(23)16(7-21)28-11(2)14(19-13(4)24)9-27-18(15(25)6-20)29-17(8-22)12(3)26-5/h8,10-12,14-18,20-21,23,25H,6-7,9H2,1-5H3,(H,19,24)/t10?,11?,12?,14-,15-,16?,17?,18?/m0/s1. The molecule has 0 aliphatic rings. The van der Waals surface area contributed by atoms with E-state index in [0.29, 0.717) is 6.29 Å². The third-order valence-corrected chi connectivity index (χ3v) is 4.26. The Morgan fingerprint density at radius 3 is 2.10 bits per heavy atom. The van der Waals surface area contributed by atoms with Crippen molar-refractivity contribution < 1.29 is 49.0 Å². The predicted molar refractivity (Wildman–Crippen MR) is 101 cm³/mol. The average Bonchev–Trinajstić information content (AvgIpc) is 2.69. The fourth-order valence-electron chi connectivity index (χ4n) is 2.30. The van der Waals surface area contributed by atoms with Gasteiger partial charge in [-0.15, -0.1) is 0 Å². The van der Waals surface area contributed by atoms with Crippen LogP contribution in [0.5, 0.6) is 0 Å². The number of hydrogen-bond donors (Lipinski definition) is 5. The van der Waals surface area contributed by atoms with Gasteiger partial charge in [0.15, 0.2) is 12.6 Å². The van der Waals surface area contributed by atoms with Gasteiger partial charge in [0.25, 0.3) is 0 Å². The average molecular weight is 425 g/mol. The summed E-state index contributed by atoms with van der Waals surface area (Å²) < 4.78 is 21.5. The lowest BCUT2D eigenvalue weighted by atomic mass is 10.1. The summed E-state index contributed by atoms with van der Waals surface area (Å²) in [4.78, 5) is 22.8.